The van der Waals surface area contributed by atoms with Crippen molar-refractivity contribution in [3.8, 4) is 0 Å². The molecule has 6 nitrogen and oxygen atoms in total. The average Bonchev–Trinajstić information content (AvgIpc) is 3.05. The third kappa shape index (κ3) is 2.59. The fourth-order valence-electron chi connectivity index (χ4n) is 4.60. The fourth-order valence-corrected chi connectivity index (χ4v) is 4.60. The summed E-state index contributed by atoms with van der Waals surface area (Å²) in [4.78, 5) is 37.6. The van der Waals surface area contributed by atoms with Crippen LogP contribution in [0.4, 0.5) is 0 Å². The monoisotopic (exact) mass is 362 g/mol. The summed E-state index contributed by atoms with van der Waals surface area (Å²) < 4.78 is 0. The normalized spacial score (nSPS) is 19.0. The molecule has 138 valence electrons. The van der Waals surface area contributed by atoms with Crippen LogP contribution in [0.5, 0.6) is 0 Å². The van der Waals surface area contributed by atoms with Gasteiger partial charge in [-0.3, -0.25) is 9.59 Å². The van der Waals surface area contributed by atoms with Crippen LogP contribution in [0.2, 0.25) is 0 Å². The minimum Gasteiger partial charge on any atom is -0.357 e. The molecule has 1 amide bonds. The number of aromatic amines is 2. The molecule has 5 rings (SSSR count). The summed E-state index contributed by atoms with van der Waals surface area (Å²) in [7, 11) is 0. The standard InChI is InChI=1S/C21H22N4O2/c1-12-5-6-17-16(9-12)13-3-2-4-15(19(13)24-17)21(27)25-8-7-14-18(10-25)22-11-23-20(14)26/h5-6,9,11,15,24H,2-4,7-8,10H2,1H3,(H,22,23,26)/t15-/m1/s1. The second kappa shape index (κ2) is 6.08. The van der Waals surface area contributed by atoms with Gasteiger partial charge in [0.25, 0.3) is 5.56 Å². The molecule has 1 aromatic carbocycles. The lowest BCUT2D eigenvalue weighted by Gasteiger charge is -2.32. The quantitative estimate of drug-likeness (QED) is 0.698. The Balaban J connectivity index is 1.49. The molecule has 1 aliphatic carbocycles. The lowest BCUT2D eigenvalue weighted by atomic mass is 9.85. The zero-order valence-electron chi connectivity index (χ0n) is 15.3. The van der Waals surface area contributed by atoms with Gasteiger partial charge in [-0.15, -0.1) is 0 Å². The summed E-state index contributed by atoms with van der Waals surface area (Å²) in [6.07, 6.45) is 4.89. The Morgan fingerprint density at radius 2 is 2.15 bits per heavy atom. The van der Waals surface area contributed by atoms with E-state index in [9.17, 15) is 9.59 Å². The maximum atomic E-state index is 13.3. The molecule has 2 aromatic heterocycles. The molecular weight excluding hydrogens is 340 g/mol. The van der Waals surface area contributed by atoms with Gasteiger partial charge in [0.1, 0.15) is 0 Å². The molecule has 2 aliphatic rings. The fraction of sp³-hybridized carbons (Fsp3) is 0.381. The number of fused-ring (bicyclic) bond motifs is 4. The van der Waals surface area contributed by atoms with Crippen LogP contribution in [0.15, 0.2) is 29.3 Å². The Bertz CT molecular complexity index is 1110. The number of rotatable bonds is 1. The van der Waals surface area contributed by atoms with E-state index in [2.05, 4.69) is 40.1 Å². The smallest absolute Gasteiger partial charge is 0.254 e. The number of amides is 1. The SMILES string of the molecule is Cc1ccc2[nH]c3c(c2c1)CCC[C@H]3C(=O)N1CCc2c(nc[nH]c2=O)C1. The van der Waals surface area contributed by atoms with Gasteiger partial charge in [0.15, 0.2) is 0 Å². The van der Waals surface area contributed by atoms with Crippen molar-refractivity contribution < 1.29 is 4.79 Å². The number of aryl methyl sites for hydroxylation is 2. The molecule has 2 N–H and O–H groups in total. The summed E-state index contributed by atoms with van der Waals surface area (Å²) in [5.41, 5.74) is 6.08. The molecule has 0 saturated carbocycles. The Morgan fingerprint density at radius 1 is 1.26 bits per heavy atom. The van der Waals surface area contributed by atoms with Crippen molar-refractivity contribution in [1.29, 1.82) is 0 Å². The minimum atomic E-state index is -0.134. The van der Waals surface area contributed by atoms with Gasteiger partial charge in [-0.25, -0.2) is 4.98 Å². The highest BCUT2D eigenvalue weighted by Crippen LogP contribution is 2.37. The Labute approximate surface area is 156 Å². The van der Waals surface area contributed by atoms with Crippen molar-refractivity contribution >= 4 is 16.8 Å². The van der Waals surface area contributed by atoms with Gasteiger partial charge in [0, 0.05) is 28.7 Å². The molecule has 6 heteroatoms. The highest BCUT2D eigenvalue weighted by Gasteiger charge is 2.34. The maximum absolute atomic E-state index is 13.3. The number of hydrogen-bond acceptors (Lipinski definition) is 3. The first-order chi connectivity index (χ1) is 13.1. The first-order valence-corrected chi connectivity index (χ1v) is 9.57. The van der Waals surface area contributed by atoms with E-state index in [1.165, 1.54) is 22.8 Å². The number of nitrogens with one attached hydrogen (secondary N) is 2. The van der Waals surface area contributed by atoms with Crippen molar-refractivity contribution in [2.24, 2.45) is 0 Å². The van der Waals surface area contributed by atoms with Crippen LogP contribution in [0.3, 0.4) is 0 Å². The summed E-state index contributed by atoms with van der Waals surface area (Å²) in [5, 5.41) is 1.25. The van der Waals surface area contributed by atoms with E-state index in [-0.39, 0.29) is 17.4 Å². The molecule has 1 atom stereocenters. The van der Waals surface area contributed by atoms with Crippen LogP contribution in [-0.2, 0) is 24.2 Å². The summed E-state index contributed by atoms with van der Waals surface area (Å²) >= 11 is 0. The zero-order valence-corrected chi connectivity index (χ0v) is 15.3. The number of benzene rings is 1. The van der Waals surface area contributed by atoms with Gasteiger partial charge >= 0.3 is 0 Å². The molecule has 1 aliphatic heterocycles. The zero-order chi connectivity index (χ0) is 18.5. The molecule has 0 fully saturated rings. The first kappa shape index (κ1) is 16.3. The predicted octanol–water partition coefficient (Wildman–Crippen LogP) is 2.56. The highest BCUT2D eigenvalue weighted by atomic mass is 16.2. The lowest BCUT2D eigenvalue weighted by Crippen LogP contribution is -2.42. The van der Waals surface area contributed by atoms with Gasteiger partial charge in [0.2, 0.25) is 5.91 Å². The van der Waals surface area contributed by atoms with Gasteiger partial charge in [-0.2, -0.15) is 0 Å². The van der Waals surface area contributed by atoms with E-state index in [1.807, 2.05) is 4.90 Å². The van der Waals surface area contributed by atoms with E-state index in [1.54, 1.807) is 0 Å². The van der Waals surface area contributed by atoms with E-state index < -0.39 is 0 Å². The average molecular weight is 362 g/mol. The molecule has 3 heterocycles. The van der Waals surface area contributed by atoms with Gasteiger partial charge in [-0.05, 0) is 50.3 Å². The van der Waals surface area contributed by atoms with Crippen LogP contribution in [0, 0.1) is 6.92 Å². The molecule has 0 bridgehead atoms. The predicted molar refractivity (Wildman–Crippen MR) is 103 cm³/mol. The number of carbonyl (C=O) groups is 1. The maximum Gasteiger partial charge on any atom is 0.254 e. The number of aromatic nitrogens is 3. The Kier molecular flexibility index (Phi) is 3.67. The van der Waals surface area contributed by atoms with E-state index >= 15 is 0 Å². The van der Waals surface area contributed by atoms with Crippen LogP contribution in [0.25, 0.3) is 10.9 Å². The second-order valence-corrected chi connectivity index (χ2v) is 7.68. The molecule has 0 radical (unpaired) electrons. The third-order valence-corrected chi connectivity index (χ3v) is 5.98. The van der Waals surface area contributed by atoms with E-state index in [0.29, 0.717) is 25.1 Å². The first-order valence-electron chi connectivity index (χ1n) is 9.57. The third-order valence-electron chi connectivity index (χ3n) is 5.98. The molecule has 0 unspecified atom stereocenters. The van der Waals surface area contributed by atoms with Crippen LogP contribution < -0.4 is 5.56 Å². The van der Waals surface area contributed by atoms with Crippen molar-refractivity contribution in [3.05, 3.63) is 63.0 Å². The van der Waals surface area contributed by atoms with Crippen LogP contribution in [0.1, 0.15) is 46.8 Å². The van der Waals surface area contributed by atoms with Crippen LogP contribution >= 0.6 is 0 Å². The summed E-state index contributed by atoms with van der Waals surface area (Å²) in [6.45, 7) is 3.10. The topological polar surface area (TPSA) is 81.8 Å². The molecular formula is C21H22N4O2. The summed E-state index contributed by atoms with van der Waals surface area (Å²) in [5.74, 6) is 0.0111. The van der Waals surface area contributed by atoms with E-state index in [0.717, 1.165) is 36.2 Å². The second-order valence-electron chi connectivity index (χ2n) is 7.68. The molecule has 27 heavy (non-hydrogen) atoms. The van der Waals surface area contributed by atoms with Crippen molar-refractivity contribution in [1.82, 2.24) is 19.9 Å². The van der Waals surface area contributed by atoms with Gasteiger partial charge in [-0.1, -0.05) is 11.6 Å². The molecule has 0 spiro atoms. The number of H-pyrrole nitrogens is 2. The number of nitrogens with zero attached hydrogens (tertiary/aromatic N) is 2. The van der Waals surface area contributed by atoms with Crippen molar-refractivity contribution in [2.75, 3.05) is 6.54 Å². The van der Waals surface area contributed by atoms with Gasteiger partial charge in [0.05, 0.1) is 24.5 Å². The lowest BCUT2D eigenvalue weighted by molar-refractivity contribution is -0.134. The largest absolute Gasteiger partial charge is 0.357 e. The summed E-state index contributed by atoms with van der Waals surface area (Å²) in [6, 6.07) is 6.43. The van der Waals surface area contributed by atoms with Crippen molar-refractivity contribution in [2.45, 2.75) is 45.1 Å². The van der Waals surface area contributed by atoms with Crippen molar-refractivity contribution in [3.63, 3.8) is 0 Å². The van der Waals surface area contributed by atoms with Crippen LogP contribution in [-0.4, -0.2) is 32.3 Å². The molecule has 3 aromatic rings. The Hall–Kier alpha value is -2.89. The number of carbonyl (C=O) groups excluding carboxylic acids is 1. The Morgan fingerprint density at radius 3 is 3.04 bits per heavy atom. The number of hydrogen-bond donors (Lipinski definition) is 2. The van der Waals surface area contributed by atoms with Gasteiger partial charge < -0.3 is 14.9 Å². The minimum absolute atomic E-state index is 0.0851. The molecule has 0 saturated heterocycles. The van der Waals surface area contributed by atoms with E-state index in [4.69, 9.17) is 0 Å². The highest BCUT2D eigenvalue weighted by molar-refractivity contribution is 5.91.